The summed E-state index contributed by atoms with van der Waals surface area (Å²) in [7, 11) is 0. The zero-order valence-corrected chi connectivity index (χ0v) is 8.22. The number of hydrogen-bond acceptors (Lipinski definition) is 4. The van der Waals surface area contributed by atoms with E-state index in [0.29, 0.717) is 10.9 Å². The van der Waals surface area contributed by atoms with Gasteiger partial charge in [-0.1, -0.05) is 29.4 Å². The largest absolute Gasteiger partial charge is 0.371 e. The number of aliphatic hydroxyl groups excluding tert-OH is 1. The molecule has 1 aliphatic rings. The van der Waals surface area contributed by atoms with E-state index in [9.17, 15) is 0 Å². The Morgan fingerprint density at radius 2 is 2.38 bits per heavy atom. The van der Waals surface area contributed by atoms with Crippen molar-refractivity contribution in [2.45, 2.75) is 6.23 Å². The maximum atomic E-state index is 9.16. The lowest BCUT2D eigenvalue weighted by Gasteiger charge is -1.97. The minimum absolute atomic E-state index is 0.446. The van der Waals surface area contributed by atoms with E-state index in [1.807, 2.05) is 12.1 Å². The Labute approximate surface area is 84.9 Å². The molecule has 0 bridgehead atoms. The molecule has 0 amide bonds. The second-order valence-corrected chi connectivity index (χ2v) is 3.97. The van der Waals surface area contributed by atoms with Crippen molar-refractivity contribution in [2.75, 3.05) is 5.75 Å². The average Bonchev–Trinajstić information content (AvgIpc) is 2.52. The highest BCUT2D eigenvalue weighted by Gasteiger charge is 2.17. The highest BCUT2D eigenvalue weighted by molar-refractivity contribution is 8.14. The molecule has 0 fully saturated rings. The number of hydrogen-bond donors (Lipinski definition) is 1. The van der Waals surface area contributed by atoms with Gasteiger partial charge >= 0.3 is 0 Å². The predicted octanol–water partition coefficient (Wildman–Crippen LogP) is 1.55. The number of rotatable bonds is 1. The van der Waals surface area contributed by atoms with Crippen LogP contribution < -0.4 is 0 Å². The molecule has 0 aliphatic carbocycles. The van der Waals surface area contributed by atoms with Crippen molar-refractivity contribution in [3.8, 4) is 0 Å². The fourth-order valence-electron chi connectivity index (χ4n) is 1.03. The van der Waals surface area contributed by atoms with Gasteiger partial charge in [-0.05, 0) is 12.1 Å². The standard InChI is InChI=1S/C8H7ClN2OS/c9-6-3-1-2-5(10-6)8-11-7(12)4-13-8/h1-3,7,12H,4H2. The van der Waals surface area contributed by atoms with Crippen molar-refractivity contribution in [3.63, 3.8) is 0 Å². The molecule has 1 N–H and O–H groups in total. The van der Waals surface area contributed by atoms with Crippen LogP contribution in [0.1, 0.15) is 5.69 Å². The van der Waals surface area contributed by atoms with E-state index >= 15 is 0 Å². The van der Waals surface area contributed by atoms with Gasteiger partial charge in [0.25, 0.3) is 0 Å². The number of aliphatic imine (C=N–C) groups is 1. The third-order valence-electron chi connectivity index (χ3n) is 1.57. The molecule has 0 saturated heterocycles. The fraction of sp³-hybridized carbons (Fsp3) is 0.250. The van der Waals surface area contributed by atoms with Gasteiger partial charge in [-0.25, -0.2) is 9.98 Å². The van der Waals surface area contributed by atoms with E-state index in [4.69, 9.17) is 16.7 Å². The summed E-state index contributed by atoms with van der Waals surface area (Å²) in [5.74, 6) is 0.601. The lowest BCUT2D eigenvalue weighted by molar-refractivity contribution is 0.213. The summed E-state index contributed by atoms with van der Waals surface area (Å²) >= 11 is 7.21. The first-order chi connectivity index (χ1) is 6.25. The Hall–Kier alpha value is -0.580. The van der Waals surface area contributed by atoms with Gasteiger partial charge in [-0.3, -0.25) is 0 Å². The molecule has 13 heavy (non-hydrogen) atoms. The van der Waals surface area contributed by atoms with E-state index in [2.05, 4.69) is 9.98 Å². The number of halogens is 1. The molecule has 1 aliphatic heterocycles. The van der Waals surface area contributed by atoms with Crippen molar-refractivity contribution in [1.29, 1.82) is 0 Å². The average molecular weight is 215 g/mol. The van der Waals surface area contributed by atoms with Crippen LogP contribution in [-0.2, 0) is 0 Å². The van der Waals surface area contributed by atoms with Crippen molar-refractivity contribution in [3.05, 3.63) is 29.0 Å². The smallest absolute Gasteiger partial charge is 0.155 e. The van der Waals surface area contributed by atoms with Gasteiger partial charge in [0.2, 0.25) is 0 Å². The molecule has 2 rings (SSSR count). The van der Waals surface area contributed by atoms with Gasteiger partial charge in [0, 0.05) is 5.75 Å². The maximum absolute atomic E-state index is 9.16. The zero-order chi connectivity index (χ0) is 9.26. The molecule has 0 radical (unpaired) electrons. The minimum atomic E-state index is -0.596. The summed E-state index contributed by atoms with van der Waals surface area (Å²) in [5, 5.41) is 10.4. The molecular weight excluding hydrogens is 208 g/mol. The van der Waals surface area contributed by atoms with Crippen molar-refractivity contribution >= 4 is 28.4 Å². The van der Waals surface area contributed by atoms with Gasteiger partial charge in [-0.15, -0.1) is 0 Å². The topological polar surface area (TPSA) is 45.5 Å². The molecule has 5 heteroatoms. The van der Waals surface area contributed by atoms with Crippen molar-refractivity contribution < 1.29 is 5.11 Å². The second-order valence-electron chi connectivity index (χ2n) is 2.57. The SMILES string of the molecule is OC1CSC(c2cccc(Cl)n2)=N1. The molecule has 3 nitrogen and oxygen atoms in total. The van der Waals surface area contributed by atoms with Crippen LogP contribution in [0, 0.1) is 0 Å². The molecule has 0 aromatic carbocycles. The van der Waals surface area contributed by atoms with Crippen LogP contribution in [-0.4, -0.2) is 27.1 Å². The third-order valence-corrected chi connectivity index (χ3v) is 2.83. The molecule has 0 spiro atoms. The monoisotopic (exact) mass is 214 g/mol. The van der Waals surface area contributed by atoms with E-state index in [1.165, 1.54) is 11.8 Å². The fourth-order valence-corrected chi connectivity index (χ4v) is 2.03. The number of pyridine rings is 1. The number of nitrogens with zero attached hydrogens (tertiary/aromatic N) is 2. The lowest BCUT2D eigenvalue weighted by Crippen LogP contribution is -1.99. The normalized spacial score (nSPS) is 21.7. The highest BCUT2D eigenvalue weighted by atomic mass is 35.5. The Balaban J connectivity index is 2.31. The van der Waals surface area contributed by atoms with E-state index in [-0.39, 0.29) is 0 Å². The van der Waals surface area contributed by atoms with Crippen molar-refractivity contribution in [1.82, 2.24) is 4.98 Å². The predicted molar refractivity (Wildman–Crippen MR) is 54.2 cm³/mol. The molecule has 0 saturated carbocycles. The summed E-state index contributed by atoms with van der Waals surface area (Å²) < 4.78 is 0. The number of aromatic nitrogens is 1. The van der Waals surface area contributed by atoms with E-state index in [0.717, 1.165) is 10.7 Å². The Morgan fingerprint density at radius 1 is 1.54 bits per heavy atom. The quantitative estimate of drug-likeness (QED) is 0.722. The summed E-state index contributed by atoms with van der Waals surface area (Å²) in [6, 6.07) is 5.36. The van der Waals surface area contributed by atoms with Crippen LogP contribution in [0.4, 0.5) is 0 Å². The molecule has 1 unspecified atom stereocenters. The molecule has 1 aromatic rings. The Kier molecular flexibility index (Phi) is 2.53. The molecule has 1 aromatic heterocycles. The van der Waals surface area contributed by atoms with Crippen LogP contribution in [0.2, 0.25) is 5.15 Å². The van der Waals surface area contributed by atoms with E-state index in [1.54, 1.807) is 6.07 Å². The second kappa shape index (κ2) is 3.65. The lowest BCUT2D eigenvalue weighted by atomic mass is 10.4. The van der Waals surface area contributed by atoms with Crippen molar-refractivity contribution in [2.24, 2.45) is 4.99 Å². The first-order valence-electron chi connectivity index (χ1n) is 3.77. The number of thioether (sulfide) groups is 1. The highest BCUT2D eigenvalue weighted by Crippen LogP contribution is 2.21. The summed E-state index contributed by atoms with van der Waals surface area (Å²) in [5.41, 5.74) is 0.731. The Morgan fingerprint density at radius 3 is 3.00 bits per heavy atom. The van der Waals surface area contributed by atoms with E-state index < -0.39 is 6.23 Å². The summed E-state index contributed by atoms with van der Waals surface area (Å²) in [6.07, 6.45) is -0.596. The zero-order valence-electron chi connectivity index (χ0n) is 6.64. The Bertz CT molecular complexity index is 356. The van der Waals surface area contributed by atoms with Crippen LogP contribution in [0.25, 0.3) is 0 Å². The molecule has 2 heterocycles. The van der Waals surface area contributed by atoms with Crippen LogP contribution in [0.15, 0.2) is 23.2 Å². The van der Waals surface area contributed by atoms with Gasteiger partial charge in [0.05, 0.1) is 5.69 Å². The third kappa shape index (κ3) is 2.02. The first-order valence-corrected chi connectivity index (χ1v) is 5.13. The van der Waals surface area contributed by atoms with Crippen LogP contribution in [0.5, 0.6) is 0 Å². The van der Waals surface area contributed by atoms with Crippen LogP contribution >= 0.6 is 23.4 Å². The summed E-state index contributed by atoms with van der Waals surface area (Å²) in [6.45, 7) is 0. The number of aliphatic hydroxyl groups is 1. The molecular formula is C8H7ClN2OS. The molecule has 68 valence electrons. The minimum Gasteiger partial charge on any atom is -0.371 e. The molecule has 1 atom stereocenters. The van der Waals surface area contributed by atoms with Gasteiger partial charge in [0.1, 0.15) is 10.2 Å². The van der Waals surface area contributed by atoms with Gasteiger partial charge in [0.15, 0.2) is 6.23 Å². The van der Waals surface area contributed by atoms with Gasteiger partial charge < -0.3 is 5.11 Å². The summed E-state index contributed by atoms with van der Waals surface area (Å²) in [4.78, 5) is 8.11. The van der Waals surface area contributed by atoms with Gasteiger partial charge in [-0.2, -0.15) is 0 Å². The van der Waals surface area contributed by atoms with Crippen LogP contribution in [0.3, 0.4) is 0 Å². The first kappa shape index (κ1) is 8.99. The maximum Gasteiger partial charge on any atom is 0.155 e.